The van der Waals surface area contributed by atoms with E-state index in [1.165, 1.54) is 6.42 Å². The molecule has 112 valence electrons. The Labute approximate surface area is 123 Å². The van der Waals surface area contributed by atoms with E-state index in [0.717, 1.165) is 24.0 Å². The van der Waals surface area contributed by atoms with Crippen LogP contribution >= 0.6 is 0 Å². The maximum atomic E-state index is 11.5. The zero-order valence-corrected chi connectivity index (χ0v) is 12.3. The van der Waals surface area contributed by atoms with Gasteiger partial charge in [-0.3, -0.25) is 4.79 Å². The minimum Gasteiger partial charge on any atom is -0.462 e. The fraction of sp³-hybridized carbons (Fsp3) is 0.533. The molecule has 0 bridgehead atoms. The summed E-state index contributed by atoms with van der Waals surface area (Å²) >= 11 is 0. The molecule has 1 aliphatic heterocycles. The molecule has 6 nitrogen and oxygen atoms in total. The molecule has 1 unspecified atom stereocenters. The second-order valence-electron chi connectivity index (χ2n) is 5.75. The molecule has 0 amide bonds. The van der Waals surface area contributed by atoms with Gasteiger partial charge in [-0.1, -0.05) is 13.8 Å². The summed E-state index contributed by atoms with van der Waals surface area (Å²) in [6.07, 6.45) is 3.93. The number of rotatable bonds is 4. The summed E-state index contributed by atoms with van der Waals surface area (Å²) in [5, 5.41) is 4.17. The van der Waals surface area contributed by atoms with Gasteiger partial charge in [-0.2, -0.15) is 9.97 Å². The Balaban J connectivity index is 1.92. The fourth-order valence-electron chi connectivity index (χ4n) is 2.63. The second kappa shape index (κ2) is 5.81. The van der Waals surface area contributed by atoms with Crippen molar-refractivity contribution in [2.24, 2.45) is 0 Å². The van der Waals surface area contributed by atoms with E-state index in [0.29, 0.717) is 24.2 Å². The highest BCUT2D eigenvalue weighted by Gasteiger charge is 2.17. The molecule has 3 heterocycles. The van der Waals surface area contributed by atoms with E-state index in [1.807, 2.05) is 13.8 Å². The number of aromatic nitrogens is 3. The highest BCUT2D eigenvalue weighted by Crippen LogP contribution is 2.23. The van der Waals surface area contributed by atoms with Crippen molar-refractivity contribution in [1.82, 2.24) is 20.3 Å². The van der Waals surface area contributed by atoms with Gasteiger partial charge in [-0.25, -0.2) is 0 Å². The molecule has 0 radical (unpaired) electrons. The minimum absolute atomic E-state index is 0.142. The molecule has 1 saturated heterocycles. The molecule has 1 aliphatic rings. The molecule has 1 fully saturated rings. The molecule has 0 aliphatic carbocycles. The van der Waals surface area contributed by atoms with E-state index in [9.17, 15) is 4.79 Å². The Morgan fingerprint density at radius 2 is 2.29 bits per heavy atom. The van der Waals surface area contributed by atoms with Gasteiger partial charge in [0.2, 0.25) is 5.56 Å². The number of pyridine rings is 1. The van der Waals surface area contributed by atoms with E-state index in [-0.39, 0.29) is 11.5 Å². The van der Waals surface area contributed by atoms with Gasteiger partial charge in [0.15, 0.2) is 0 Å². The molecule has 0 spiro atoms. The molecule has 21 heavy (non-hydrogen) atoms. The molecule has 0 saturated carbocycles. The summed E-state index contributed by atoms with van der Waals surface area (Å²) in [4.78, 5) is 23.0. The largest absolute Gasteiger partial charge is 0.462 e. The van der Waals surface area contributed by atoms with Crippen molar-refractivity contribution < 1.29 is 4.74 Å². The lowest BCUT2D eigenvalue weighted by Crippen LogP contribution is -2.28. The molecule has 2 aromatic heterocycles. The Morgan fingerprint density at radius 3 is 3.00 bits per heavy atom. The Kier molecular flexibility index (Phi) is 3.88. The van der Waals surface area contributed by atoms with Crippen LogP contribution in [-0.2, 0) is 0 Å². The first-order valence-corrected chi connectivity index (χ1v) is 7.40. The van der Waals surface area contributed by atoms with Crippen molar-refractivity contribution in [2.75, 3.05) is 13.2 Å². The normalized spacial score (nSPS) is 18.5. The van der Waals surface area contributed by atoms with Crippen molar-refractivity contribution in [3.63, 3.8) is 0 Å². The van der Waals surface area contributed by atoms with Gasteiger partial charge in [0.1, 0.15) is 6.61 Å². The lowest BCUT2D eigenvalue weighted by atomic mass is 10.1. The van der Waals surface area contributed by atoms with E-state index in [4.69, 9.17) is 4.74 Å². The summed E-state index contributed by atoms with van der Waals surface area (Å²) < 4.78 is 5.74. The van der Waals surface area contributed by atoms with E-state index in [1.54, 1.807) is 12.3 Å². The van der Waals surface area contributed by atoms with Crippen LogP contribution in [0, 0.1) is 0 Å². The highest BCUT2D eigenvalue weighted by molar-refractivity contribution is 5.80. The molecular weight excluding hydrogens is 268 g/mol. The van der Waals surface area contributed by atoms with Gasteiger partial charge in [0.25, 0.3) is 0 Å². The van der Waals surface area contributed by atoms with Crippen molar-refractivity contribution in [2.45, 2.75) is 38.6 Å². The molecule has 6 heteroatoms. The van der Waals surface area contributed by atoms with Gasteiger partial charge in [0.05, 0.1) is 11.2 Å². The minimum atomic E-state index is -0.142. The van der Waals surface area contributed by atoms with Crippen LogP contribution in [-0.4, -0.2) is 34.1 Å². The fourth-order valence-corrected chi connectivity index (χ4v) is 2.63. The first kappa shape index (κ1) is 14.0. The van der Waals surface area contributed by atoms with Crippen LogP contribution < -0.4 is 15.6 Å². The first-order valence-electron chi connectivity index (χ1n) is 7.40. The zero-order chi connectivity index (χ0) is 14.8. The van der Waals surface area contributed by atoms with Crippen LogP contribution in [0.2, 0.25) is 0 Å². The second-order valence-corrected chi connectivity index (χ2v) is 5.75. The smallest absolute Gasteiger partial charge is 0.317 e. The lowest BCUT2D eigenvalue weighted by Gasteiger charge is -2.13. The third kappa shape index (κ3) is 3.05. The van der Waals surface area contributed by atoms with Crippen molar-refractivity contribution >= 4 is 10.9 Å². The summed E-state index contributed by atoms with van der Waals surface area (Å²) in [5.74, 6) is 0.198. The number of nitrogens with zero attached hydrogens (tertiary/aromatic N) is 2. The monoisotopic (exact) mass is 288 g/mol. The molecular formula is C15H20N4O2. The lowest BCUT2D eigenvalue weighted by molar-refractivity contribution is 0.257. The Hall–Kier alpha value is -1.95. The van der Waals surface area contributed by atoms with Gasteiger partial charge >= 0.3 is 6.01 Å². The quantitative estimate of drug-likeness (QED) is 0.892. The summed E-state index contributed by atoms with van der Waals surface area (Å²) in [6.45, 7) is 5.72. The van der Waals surface area contributed by atoms with E-state index >= 15 is 0 Å². The zero-order valence-electron chi connectivity index (χ0n) is 12.3. The molecule has 1 atom stereocenters. The topological polar surface area (TPSA) is 79.9 Å². The van der Waals surface area contributed by atoms with Gasteiger partial charge in [0, 0.05) is 23.7 Å². The maximum Gasteiger partial charge on any atom is 0.317 e. The Bertz CT molecular complexity index is 690. The van der Waals surface area contributed by atoms with Crippen LogP contribution in [0.5, 0.6) is 6.01 Å². The SMILES string of the molecule is CC(C)c1nc(OCC2CCCN2)nc2c[nH]c(=O)cc12. The summed E-state index contributed by atoms with van der Waals surface area (Å²) in [6, 6.07) is 2.31. The van der Waals surface area contributed by atoms with Crippen LogP contribution in [0.25, 0.3) is 10.9 Å². The van der Waals surface area contributed by atoms with Crippen LogP contribution in [0.15, 0.2) is 17.1 Å². The average molecular weight is 288 g/mol. The number of hydrogen-bond acceptors (Lipinski definition) is 5. The predicted molar refractivity (Wildman–Crippen MR) is 80.8 cm³/mol. The summed E-state index contributed by atoms with van der Waals surface area (Å²) in [5.41, 5.74) is 1.42. The van der Waals surface area contributed by atoms with Crippen molar-refractivity contribution in [3.8, 4) is 6.01 Å². The molecule has 2 N–H and O–H groups in total. The number of aromatic amines is 1. The van der Waals surface area contributed by atoms with Gasteiger partial charge in [-0.05, 0) is 25.3 Å². The van der Waals surface area contributed by atoms with Crippen LogP contribution in [0.3, 0.4) is 0 Å². The standard InChI is InChI=1S/C15H20N4O2/c1-9(2)14-11-6-13(20)17-7-12(11)18-15(19-14)21-8-10-4-3-5-16-10/h6-7,9-10,16H,3-5,8H2,1-2H3,(H,17,20). The third-order valence-corrected chi connectivity index (χ3v) is 3.73. The Morgan fingerprint density at radius 1 is 1.43 bits per heavy atom. The third-order valence-electron chi connectivity index (χ3n) is 3.73. The molecule has 0 aromatic carbocycles. The number of H-pyrrole nitrogens is 1. The van der Waals surface area contributed by atoms with Gasteiger partial charge < -0.3 is 15.0 Å². The van der Waals surface area contributed by atoms with Crippen molar-refractivity contribution in [3.05, 3.63) is 28.3 Å². The predicted octanol–water partition coefficient (Wildman–Crippen LogP) is 1.57. The molecule has 2 aromatic rings. The maximum absolute atomic E-state index is 11.5. The average Bonchev–Trinajstić information content (AvgIpc) is 2.97. The van der Waals surface area contributed by atoms with Crippen molar-refractivity contribution in [1.29, 1.82) is 0 Å². The molecule has 3 rings (SSSR count). The van der Waals surface area contributed by atoms with Crippen LogP contribution in [0.4, 0.5) is 0 Å². The highest BCUT2D eigenvalue weighted by atomic mass is 16.5. The van der Waals surface area contributed by atoms with Crippen LogP contribution in [0.1, 0.15) is 38.3 Å². The van der Waals surface area contributed by atoms with E-state index < -0.39 is 0 Å². The van der Waals surface area contributed by atoms with E-state index in [2.05, 4.69) is 20.3 Å². The summed E-state index contributed by atoms with van der Waals surface area (Å²) in [7, 11) is 0. The first-order chi connectivity index (χ1) is 10.1. The number of hydrogen-bond donors (Lipinski definition) is 2. The number of ether oxygens (including phenoxy) is 1. The van der Waals surface area contributed by atoms with Gasteiger partial charge in [-0.15, -0.1) is 0 Å². The number of fused-ring (bicyclic) bond motifs is 1. The number of nitrogens with one attached hydrogen (secondary N) is 2.